The first-order chi connectivity index (χ1) is 9.24. The molecule has 0 spiro atoms. The maximum absolute atomic E-state index is 5.26. The summed E-state index contributed by atoms with van der Waals surface area (Å²) < 4.78 is 5.26. The van der Waals surface area contributed by atoms with E-state index in [9.17, 15) is 0 Å². The summed E-state index contributed by atoms with van der Waals surface area (Å²) in [5.41, 5.74) is 2.08. The Morgan fingerprint density at radius 2 is 2.11 bits per heavy atom. The molecule has 0 aliphatic heterocycles. The Labute approximate surface area is 113 Å². The number of ether oxygens (including phenoxy) is 1. The first kappa shape index (κ1) is 13.3. The number of benzene rings is 1. The van der Waals surface area contributed by atoms with Crippen molar-refractivity contribution in [2.24, 2.45) is 0 Å². The second-order valence-electron chi connectivity index (χ2n) is 4.38. The Morgan fingerprint density at radius 3 is 2.79 bits per heavy atom. The minimum absolute atomic E-state index is 0.729. The molecule has 2 aromatic rings. The zero-order chi connectivity index (χ0) is 13.7. The van der Waals surface area contributed by atoms with Gasteiger partial charge in [-0.3, -0.25) is 0 Å². The number of rotatable bonds is 5. The second kappa shape index (κ2) is 6.18. The molecule has 0 aliphatic carbocycles. The van der Waals surface area contributed by atoms with E-state index in [2.05, 4.69) is 22.2 Å². The number of hydrogen-bond donors (Lipinski definition) is 1. The fourth-order valence-electron chi connectivity index (χ4n) is 1.87. The predicted molar refractivity (Wildman–Crippen MR) is 77.5 cm³/mol. The van der Waals surface area contributed by atoms with Crippen molar-refractivity contribution in [2.45, 2.75) is 20.3 Å². The Hall–Kier alpha value is -2.10. The molecule has 2 rings (SSSR count). The normalized spacial score (nSPS) is 10.3. The summed E-state index contributed by atoms with van der Waals surface area (Å²) in [5.74, 6) is 2.47. The molecule has 4 nitrogen and oxygen atoms in total. The van der Waals surface area contributed by atoms with Crippen LogP contribution in [-0.4, -0.2) is 23.6 Å². The van der Waals surface area contributed by atoms with Crippen molar-refractivity contribution >= 4 is 5.82 Å². The molecular formula is C15H19N3O. The van der Waals surface area contributed by atoms with E-state index in [-0.39, 0.29) is 0 Å². The summed E-state index contributed by atoms with van der Waals surface area (Å²) in [6.45, 7) is 5.06. The van der Waals surface area contributed by atoms with E-state index in [1.807, 2.05) is 31.2 Å². The molecular weight excluding hydrogens is 238 g/mol. The van der Waals surface area contributed by atoms with Crippen molar-refractivity contribution in [3.63, 3.8) is 0 Å². The highest BCUT2D eigenvalue weighted by atomic mass is 16.5. The van der Waals surface area contributed by atoms with Gasteiger partial charge in [0.25, 0.3) is 0 Å². The van der Waals surface area contributed by atoms with Gasteiger partial charge in [0.1, 0.15) is 11.6 Å². The van der Waals surface area contributed by atoms with Gasteiger partial charge in [-0.25, -0.2) is 9.97 Å². The molecule has 1 aromatic heterocycles. The number of aromatic nitrogens is 2. The zero-order valence-electron chi connectivity index (χ0n) is 11.6. The van der Waals surface area contributed by atoms with Crippen LogP contribution in [0.4, 0.5) is 5.82 Å². The third-order valence-electron chi connectivity index (χ3n) is 2.86. The quantitative estimate of drug-likeness (QED) is 0.893. The molecule has 0 unspecified atom stereocenters. The van der Waals surface area contributed by atoms with E-state index in [4.69, 9.17) is 4.74 Å². The van der Waals surface area contributed by atoms with Crippen LogP contribution in [0.1, 0.15) is 18.9 Å². The number of nitrogens with zero attached hydrogens (tertiary/aromatic N) is 2. The van der Waals surface area contributed by atoms with Gasteiger partial charge >= 0.3 is 0 Å². The molecule has 19 heavy (non-hydrogen) atoms. The highest BCUT2D eigenvalue weighted by Crippen LogP contribution is 2.24. The van der Waals surface area contributed by atoms with Crippen molar-refractivity contribution in [3.8, 4) is 17.1 Å². The lowest BCUT2D eigenvalue weighted by molar-refractivity contribution is 0.412. The van der Waals surface area contributed by atoms with Gasteiger partial charge in [-0.05, 0) is 43.2 Å². The SMILES string of the molecule is CCCNc1ccnc(-c2ccc(OC)c(C)c2)n1. The summed E-state index contributed by atoms with van der Waals surface area (Å²) in [6, 6.07) is 7.85. The molecule has 100 valence electrons. The smallest absolute Gasteiger partial charge is 0.161 e. The van der Waals surface area contributed by atoms with Crippen molar-refractivity contribution in [2.75, 3.05) is 19.0 Å². The van der Waals surface area contributed by atoms with E-state index >= 15 is 0 Å². The number of nitrogens with one attached hydrogen (secondary N) is 1. The molecule has 0 bridgehead atoms. The Bertz CT molecular complexity index is 555. The van der Waals surface area contributed by atoms with Crippen LogP contribution in [0.15, 0.2) is 30.5 Å². The molecule has 0 amide bonds. The van der Waals surface area contributed by atoms with E-state index in [1.54, 1.807) is 13.3 Å². The lowest BCUT2D eigenvalue weighted by Crippen LogP contribution is -2.03. The number of hydrogen-bond acceptors (Lipinski definition) is 4. The average Bonchev–Trinajstić information content (AvgIpc) is 2.45. The molecule has 0 radical (unpaired) electrons. The summed E-state index contributed by atoms with van der Waals surface area (Å²) in [7, 11) is 1.67. The highest BCUT2D eigenvalue weighted by Gasteiger charge is 2.05. The minimum Gasteiger partial charge on any atom is -0.496 e. The largest absolute Gasteiger partial charge is 0.496 e. The third-order valence-corrected chi connectivity index (χ3v) is 2.86. The first-order valence-corrected chi connectivity index (χ1v) is 6.46. The lowest BCUT2D eigenvalue weighted by atomic mass is 10.1. The monoisotopic (exact) mass is 257 g/mol. The maximum Gasteiger partial charge on any atom is 0.161 e. The summed E-state index contributed by atoms with van der Waals surface area (Å²) in [5, 5.41) is 3.27. The van der Waals surface area contributed by atoms with Crippen LogP contribution in [0.5, 0.6) is 5.75 Å². The van der Waals surface area contributed by atoms with Crippen LogP contribution in [0.2, 0.25) is 0 Å². The number of anilines is 1. The summed E-state index contributed by atoms with van der Waals surface area (Å²) in [4.78, 5) is 8.84. The van der Waals surface area contributed by atoms with Gasteiger partial charge < -0.3 is 10.1 Å². The van der Waals surface area contributed by atoms with Crippen molar-refractivity contribution in [3.05, 3.63) is 36.0 Å². The molecule has 4 heteroatoms. The van der Waals surface area contributed by atoms with Gasteiger partial charge in [-0.15, -0.1) is 0 Å². The van der Waals surface area contributed by atoms with Crippen molar-refractivity contribution < 1.29 is 4.74 Å². The number of aryl methyl sites for hydroxylation is 1. The van der Waals surface area contributed by atoms with Crippen LogP contribution in [0.25, 0.3) is 11.4 Å². The maximum atomic E-state index is 5.26. The summed E-state index contributed by atoms with van der Waals surface area (Å²) >= 11 is 0. The molecule has 0 saturated heterocycles. The van der Waals surface area contributed by atoms with E-state index < -0.39 is 0 Å². The third kappa shape index (κ3) is 3.22. The zero-order valence-corrected chi connectivity index (χ0v) is 11.6. The summed E-state index contributed by atoms with van der Waals surface area (Å²) in [6.07, 6.45) is 2.85. The molecule has 0 saturated carbocycles. The standard InChI is InChI=1S/C15H19N3O/c1-4-8-16-14-7-9-17-15(18-14)12-5-6-13(19-3)11(2)10-12/h5-7,9-10H,4,8H2,1-3H3,(H,16,17,18). The molecule has 0 atom stereocenters. The molecule has 1 aromatic carbocycles. The Morgan fingerprint density at radius 1 is 1.26 bits per heavy atom. The van der Waals surface area contributed by atoms with E-state index in [0.717, 1.165) is 41.5 Å². The molecule has 0 aliphatic rings. The average molecular weight is 257 g/mol. The van der Waals surface area contributed by atoms with Gasteiger partial charge in [-0.1, -0.05) is 6.92 Å². The first-order valence-electron chi connectivity index (χ1n) is 6.46. The van der Waals surface area contributed by atoms with E-state index in [0.29, 0.717) is 0 Å². The van der Waals surface area contributed by atoms with E-state index in [1.165, 1.54) is 0 Å². The van der Waals surface area contributed by atoms with Crippen LogP contribution >= 0.6 is 0 Å². The molecule has 1 N–H and O–H groups in total. The van der Waals surface area contributed by atoms with Crippen LogP contribution < -0.4 is 10.1 Å². The van der Waals surface area contributed by atoms with Gasteiger partial charge in [0.05, 0.1) is 7.11 Å². The molecule has 1 heterocycles. The van der Waals surface area contributed by atoms with Gasteiger partial charge in [0, 0.05) is 18.3 Å². The Kier molecular flexibility index (Phi) is 4.34. The van der Waals surface area contributed by atoms with Crippen molar-refractivity contribution in [1.82, 2.24) is 9.97 Å². The Balaban J connectivity index is 2.28. The minimum atomic E-state index is 0.729. The topological polar surface area (TPSA) is 47.0 Å². The van der Waals surface area contributed by atoms with Gasteiger partial charge in [0.2, 0.25) is 0 Å². The predicted octanol–water partition coefficient (Wildman–Crippen LogP) is 3.28. The van der Waals surface area contributed by atoms with Crippen molar-refractivity contribution in [1.29, 1.82) is 0 Å². The lowest BCUT2D eigenvalue weighted by Gasteiger charge is -2.08. The fraction of sp³-hybridized carbons (Fsp3) is 0.333. The van der Waals surface area contributed by atoms with Crippen LogP contribution in [-0.2, 0) is 0 Å². The molecule has 0 fully saturated rings. The van der Waals surface area contributed by atoms with Gasteiger partial charge in [0.15, 0.2) is 5.82 Å². The van der Waals surface area contributed by atoms with Gasteiger partial charge in [-0.2, -0.15) is 0 Å². The van der Waals surface area contributed by atoms with Crippen LogP contribution in [0.3, 0.4) is 0 Å². The number of methoxy groups -OCH3 is 1. The highest BCUT2D eigenvalue weighted by molar-refractivity contribution is 5.60. The fourth-order valence-corrected chi connectivity index (χ4v) is 1.87. The second-order valence-corrected chi connectivity index (χ2v) is 4.38. The van der Waals surface area contributed by atoms with Crippen LogP contribution in [0, 0.1) is 6.92 Å².